The molecule has 0 aliphatic rings. The predicted molar refractivity (Wildman–Crippen MR) is 150 cm³/mol. The third-order valence-electron chi connectivity index (χ3n) is 6.93. The molecule has 0 saturated carbocycles. The van der Waals surface area contributed by atoms with Crippen molar-refractivity contribution in [3.8, 4) is 11.5 Å². The first-order chi connectivity index (χ1) is 19.2. The number of aliphatic hydroxyl groups is 1. The molecule has 2 unspecified atom stereocenters. The van der Waals surface area contributed by atoms with Crippen molar-refractivity contribution in [2.45, 2.75) is 38.1 Å². The van der Waals surface area contributed by atoms with Gasteiger partial charge in [-0.15, -0.1) is 0 Å². The molecule has 0 aliphatic heterocycles. The summed E-state index contributed by atoms with van der Waals surface area (Å²) in [5.41, 5.74) is 0.467. The molecule has 1 N–H and O–H groups in total. The van der Waals surface area contributed by atoms with E-state index in [-0.39, 0.29) is 42.9 Å². The number of alkyl halides is 3. The molecular weight excluding hydrogens is 563 g/mol. The van der Waals surface area contributed by atoms with Crippen molar-refractivity contribution in [2.24, 2.45) is 7.05 Å². The lowest BCUT2D eigenvalue weighted by atomic mass is 9.97. The molecule has 2 aromatic carbocycles. The summed E-state index contributed by atoms with van der Waals surface area (Å²) >= 11 is 6.05. The smallest absolute Gasteiger partial charge is 0.394 e. The summed E-state index contributed by atoms with van der Waals surface area (Å²) in [5, 5.41) is 10.6. The highest BCUT2D eigenvalue weighted by Crippen LogP contribution is 2.38. The van der Waals surface area contributed by atoms with E-state index in [2.05, 4.69) is 6.58 Å². The average Bonchev–Trinajstić information content (AvgIpc) is 2.91. The molecule has 1 aromatic heterocycles. The third kappa shape index (κ3) is 8.64. The number of benzene rings is 2. The third-order valence-corrected chi connectivity index (χ3v) is 7.18. The summed E-state index contributed by atoms with van der Waals surface area (Å²) in [6.07, 6.45) is -3.97. The van der Waals surface area contributed by atoms with Gasteiger partial charge in [-0.1, -0.05) is 30.3 Å². The molecule has 0 aliphatic carbocycles. The molecule has 1 heterocycles. The SMILES string of the molecule is C=C(O)CC(c1ccc(Cl)cc1)[N+](C)(CCC(F)(F)F)Cc1ccc(OCCn2c(=O)ccn(C)c2=O)c(OC)c1. The highest BCUT2D eigenvalue weighted by atomic mass is 35.5. The van der Waals surface area contributed by atoms with Crippen molar-refractivity contribution >= 4 is 11.6 Å². The fourth-order valence-electron chi connectivity index (χ4n) is 4.75. The number of aromatic nitrogens is 2. The van der Waals surface area contributed by atoms with Crippen LogP contribution in [-0.4, -0.2) is 52.2 Å². The zero-order valence-corrected chi connectivity index (χ0v) is 23.9. The zero-order valence-electron chi connectivity index (χ0n) is 23.2. The number of nitrogens with zero attached hydrogens (tertiary/aromatic N) is 3. The summed E-state index contributed by atoms with van der Waals surface area (Å²) in [6, 6.07) is 12.6. The maximum atomic E-state index is 13.4. The lowest BCUT2D eigenvalue weighted by molar-refractivity contribution is -0.953. The van der Waals surface area contributed by atoms with E-state index in [9.17, 15) is 27.9 Å². The van der Waals surface area contributed by atoms with Gasteiger partial charge in [0.25, 0.3) is 5.56 Å². The standard InChI is InChI=1S/C29H33ClF3N3O5/c1-20(37)17-24(22-6-8-23(30)9-7-22)36(3,15-12-29(31,32)33)19-21-5-10-25(26(18-21)40-4)41-16-14-35-27(38)11-13-34(2)28(35)39/h5-11,13,18,24H,1,12,14-17,19H2,2-4H3/p+1. The van der Waals surface area contributed by atoms with Crippen LogP contribution in [0.15, 0.2) is 76.7 Å². The van der Waals surface area contributed by atoms with Gasteiger partial charge in [0, 0.05) is 35.5 Å². The number of aryl methyl sites for hydroxylation is 1. The fourth-order valence-corrected chi connectivity index (χ4v) is 4.87. The van der Waals surface area contributed by atoms with Crippen LogP contribution in [-0.2, 0) is 20.1 Å². The van der Waals surface area contributed by atoms with E-state index in [0.717, 1.165) is 4.57 Å². The van der Waals surface area contributed by atoms with Gasteiger partial charge in [-0.3, -0.25) is 9.36 Å². The molecule has 2 atom stereocenters. The van der Waals surface area contributed by atoms with Crippen molar-refractivity contribution < 1.29 is 32.2 Å². The average molecular weight is 597 g/mol. The highest BCUT2D eigenvalue weighted by molar-refractivity contribution is 6.30. The Labute approximate surface area is 241 Å². The largest absolute Gasteiger partial charge is 0.513 e. The van der Waals surface area contributed by atoms with Crippen molar-refractivity contribution in [3.05, 3.63) is 104 Å². The number of rotatable bonds is 13. The van der Waals surface area contributed by atoms with E-state index in [1.54, 1.807) is 49.5 Å². The fraction of sp³-hybridized carbons (Fsp3) is 0.379. The molecule has 222 valence electrons. The summed E-state index contributed by atoms with van der Waals surface area (Å²) in [7, 11) is 4.69. The minimum absolute atomic E-state index is 0.00544. The topological polar surface area (TPSA) is 82.7 Å². The Morgan fingerprint density at radius 3 is 2.41 bits per heavy atom. The second-order valence-corrected chi connectivity index (χ2v) is 10.5. The van der Waals surface area contributed by atoms with Gasteiger partial charge < -0.3 is 23.6 Å². The molecule has 3 aromatic rings. The number of aliphatic hydroxyl groups excluding tert-OH is 1. The van der Waals surface area contributed by atoms with E-state index in [0.29, 0.717) is 27.6 Å². The van der Waals surface area contributed by atoms with E-state index in [4.69, 9.17) is 21.1 Å². The Kier molecular flexibility index (Phi) is 10.3. The number of hydrogen-bond acceptors (Lipinski definition) is 5. The Balaban J connectivity index is 1.89. The molecular formula is C29H34ClF3N3O5+. The Hall–Kier alpha value is -3.70. The quantitative estimate of drug-likeness (QED) is 0.211. The van der Waals surface area contributed by atoms with Crippen LogP contribution in [0.5, 0.6) is 11.5 Å². The highest BCUT2D eigenvalue weighted by Gasteiger charge is 2.39. The van der Waals surface area contributed by atoms with Crippen LogP contribution >= 0.6 is 11.6 Å². The summed E-state index contributed by atoms with van der Waals surface area (Å²) < 4.78 is 53.8. The van der Waals surface area contributed by atoms with Crippen LogP contribution in [0.3, 0.4) is 0 Å². The minimum Gasteiger partial charge on any atom is -0.513 e. The van der Waals surface area contributed by atoms with Gasteiger partial charge in [0.1, 0.15) is 19.2 Å². The van der Waals surface area contributed by atoms with Gasteiger partial charge in [0.15, 0.2) is 11.5 Å². The summed E-state index contributed by atoms with van der Waals surface area (Å²) in [4.78, 5) is 24.3. The minimum atomic E-state index is -4.38. The molecule has 0 fully saturated rings. The van der Waals surface area contributed by atoms with Crippen molar-refractivity contribution in [1.29, 1.82) is 0 Å². The van der Waals surface area contributed by atoms with E-state index in [1.165, 1.54) is 31.0 Å². The maximum absolute atomic E-state index is 13.4. The molecule has 0 spiro atoms. The Morgan fingerprint density at radius 1 is 1.12 bits per heavy atom. The van der Waals surface area contributed by atoms with E-state index >= 15 is 0 Å². The molecule has 41 heavy (non-hydrogen) atoms. The van der Waals surface area contributed by atoms with Crippen LogP contribution in [0.1, 0.15) is 30.0 Å². The van der Waals surface area contributed by atoms with E-state index in [1.807, 2.05) is 0 Å². The van der Waals surface area contributed by atoms with Gasteiger partial charge >= 0.3 is 11.9 Å². The Morgan fingerprint density at radius 2 is 1.80 bits per heavy atom. The molecule has 0 radical (unpaired) electrons. The molecule has 8 nitrogen and oxygen atoms in total. The van der Waals surface area contributed by atoms with Crippen LogP contribution in [0.2, 0.25) is 5.02 Å². The zero-order chi connectivity index (χ0) is 30.4. The van der Waals surface area contributed by atoms with Crippen molar-refractivity contribution in [3.63, 3.8) is 0 Å². The summed E-state index contributed by atoms with van der Waals surface area (Å²) in [5.74, 6) is 0.544. The van der Waals surface area contributed by atoms with Crippen LogP contribution in [0, 0.1) is 0 Å². The number of methoxy groups -OCH3 is 1. The van der Waals surface area contributed by atoms with Gasteiger partial charge in [0.05, 0.1) is 45.8 Å². The first-order valence-electron chi connectivity index (χ1n) is 12.8. The predicted octanol–water partition coefficient (Wildman–Crippen LogP) is 5.39. The van der Waals surface area contributed by atoms with Gasteiger partial charge in [-0.2, -0.15) is 13.2 Å². The second-order valence-electron chi connectivity index (χ2n) is 10.1. The Bertz CT molecular complexity index is 1470. The normalized spacial score (nSPS) is 13.8. The summed E-state index contributed by atoms with van der Waals surface area (Å²) in [6.45, 7) is 3.52. The number of halogens is 4. The first-order valence-corrected chi connectivity index (χ1v) is 13.2. The van der Waals surface area contributed by atoms with Crippen LogP contribution in [0.4, 0.5) is 13.2 Å². The second kappa shape index (κ2) is 13.3. The van der Waals surface area contributed by atoms with Crippen LogP contribution < -0.4 is 20.7 Å². The molecule has 12 heteroatoms. The molecule has 3 rings (SSSR count). The monoisotopic (exact) mass is 596 g/mol. The maximum Gasteiger partial charge on any atom is 0.394 e. The van der Waals surface area contributed by atoms with Gasteiger partial charge in [-0.25, -0.2) is 4.79 Å². The molecule has 0 saturated heterocycles. The number of hydrogen-bond donors (Lipinski definition) is 1. The van der Waals surface area contributed by atoms with Crippen molar-refractivity contribution in [2.75, 3.05) is 27.3 Å². The molecule has 0 amide bonds. The number of ether oxygens (including phenoxy) is 2. The van der Waals surface area contributed by atoms with E-state index < -0.39 is 29.9 Å². The lowest BCUT2D eigenvalue weighted by Gasteiger charge is -2.42. The van der Waals surface area contributed by atoms with Gasteiger partial charge in [-0.05, 0) is 30.3 Å². The number of quaternary nitrogens is 1. The first kappa shape index (κ1) is 31.8. The van der Waals surface area contributed by atoms with Crippen molar-refractivity contribution in [1.82, 2.24) is 9.13 Å². The lowest BCUT2D eigenvalue weighted by Crippen LogP contribution is -2.48. The molecule has 0 bridgehead atoms. The van der Waals surface area contributed by atoms with Gasteiger partial charge in [0.2, 0.25) is 0 Å². The van der Waals surface area contributed by atoms with Crippen LogP contribution in [0.25, 0.3) is 0 Å².